The van der Waals surface area contributed by atoms with Gasteiger partial charge in [0.15, 0.2) is 12.3 Å². The number of benzene rings is 1. The fourth-order valence-electron chi connectivity index (χ4n) is 3.37. The molecule has 0 amide bonds. The van der Waals surface area contributed by atoms with Crippen LogP contribution in [0.1, 0.15) is 52.1 Å². The second kappa shape index (κ2) is 8.61. The number of esters is 1. The molecule has 0 saturated carbocycles. The van der Waals surface area contributed by atoms with E-state index in [2.05, 4.69) is 23.4 Å². The van der Waals surface area contributed by atoms with Crippen LogP contribution in [-0.2, 0) is 4.74 Å². The average molecular weight is 413 g/mol. The van der Waals surface area contributed by atoms with Crippen molar-refractivity contribution >= 4 is 23.1 Å². The summed E-state index contributed by atoms with van der Waals surface area (Å²) in [6.45, 7) is 7.69. The number of carbonyl (C=O) groups excluding carboxylic acids is 2. The largest absolute Gasteiger partial charge is 0.497 e. The van der Waals surface area contributed by atoms with E-state index in [1.807, 2.05) is 44.2 Å². The first-order valence-electron chi connectivity index (χ1n) is 9.30. The van der Waals surface area contributed by atoms with Gasteiger partial charge in [-0.1, -0.05) is 0 Å². The number of aromatic nitrogens is 2. The number of rotatable bonds is 7. The zero-order chi connectivity index (χ0) is 21.1. The lowest BCUT2D eigenvalue weighted by Crippen LogP contribution is -2.15. The van der Waals surface area contributed by atoms with Gasteiger partial charge in [-0.2, -0.15) is 0 Å². The van der Waals surface area contributed by atoms with Gasteiger partial charge in [0, 0.05) is 33.9 Å². The summed E-state index contributed by atoms with van der Waals surface area (Å²) < 4.78 is 12.5. The fraction of sp³-hybridized carbons (Fsp3) is 0.318. The summed E-state index contributed by atoms with van der Waals surface area (Å²) in [6, 6.07) is 9.52. The number of ether oxygens (including phenoxy) is 2. The van der Waals surface area contributed by atoms with Gasteiger partial charge in [0.1, 0.15) is 10.8 Å². The van der Waals surface area contributed by atoms with E-state index < -0.39 is 5.97 Å². The van der Waals surface area contributed by atoms with Crippen molar-refractivity contribution in [2.75, 3.05) is 13.7 Å². The minimum atomic E-state index is -0.605. The highest BCUT2D eigenvalue weighted by atomic mass is 32.1. The molecular formula is C22H24N2O4S. The monoisotopic (exact) mass is 412 g/mol. The van der Waals surface area contributed by atoms with E-state index in [1.165, 1.54) is 11.3 Å². The summed E-state index contributed by atoms with van der Waals surface area (Å²) in [5.41, 5.74) is 3.55. The number of methoxy groups -OCH3 is 1. The highest BCUT2D eigenvalue weighted by Gasteiger charge is 2.20. The number of ketones is 1. The van der Waals surface area contributed by atoms with E-state index in [1.54, 1.807) is 12.5 Å². The van der Waals surface area contributed by atoms with Crippen molar-refractivity contribution in [3.05, 3.63) is 58.4 Å². The summed E-state index contributed by atoms with van der Waals surface area (Å²) in [5, 5.41) is 2.34. The molecule has 6 nitrogen and oxygen atoms in total. The third-order valence-corrected chi connectivity index (χ3v) is 5.58. The predicted octanol–water partition coefficient (Wildman–Crippen LogP) is 4.86. The summed E-state index contributed by atoms with van der Waals surface area (Å²) in [4.78, 5) is 29.2. The van der Waals surface area contributed by atoms with Crippen LogP contribution in [0, 0.1) is 13.8 Å². The standard InChI is InChI=1S/C22H24N2O4S/c1-13(2)24-14(3)10-18(15(24)4)20(25)11-28-22(26)19-12-29-21(23-19)16-6-8-17(27-5)9-7-16/h6-10,12-13H,11H2,1-5H3. The average Bonchev–Trinajstić information content (AvgIpc) is 3.30. The summed E-state index contributed by atoms with van der Waals surface area (Å²) in [7, 11) is 1.61. The van der Waals surface area contributed by atoms with E-state index in [9.17, 15) is 9.59 Å². The summed E-state index contributed by atoms with van der Waals surface area (Å²) >= 11 is 1.34. The molecule has 7 heteroatoms. The fourth-order valence-corrected chi connectivity index (χ4v) is 4.17. The van der Waals surface area contributed by atoms with Crippen molar-refractivity contribution in [3.63, 3.8) is 0 Å². The van der Waals surface area contributed by atoms with Gasteiger partial charge >= 0.3 is 5.97 Å². The van der Waals surface area contributed by atoms with Crippen LogP contribution in [0.2, 0.25) is 0 Å². The van der Waals surface area contributed by atoms with Crippen molar-refractivity contribution < 1.29 is 19.1 Å². The topological polar surface area (TPSA) is 70.4 Å². The van der Waals surface area contributed by atoms with Gasteiger partial charge in [-0.3, -0.25) is 4.79 Å². The minimum absolute atomic E-state index is 0.196. The Morgan fingerprint density at radius 1 is 1.17 bits per heavy atom. The second-order valence-corrected chi connectivity index (χ2v) is 7.87. The van der Waals surface area contributed by atoms with Crippen molar-refractivity contribution in [1.82, 2.24) is 9.55 Å². The molecule has 0 atom stereocenters. The zero-order valence-corrected chi connectivity index (χ0v) is 18.0. The lowest BCUT2D eigenvalue weighted by atomic mass is 10.1. The Bertz CT molecular complexity index is 1030. The van der Waals surface area contributed by atoms with Crippen LogP contribution < -0.4 is 4.74 Å². The number of carbonyl (C=O) groups is 2. The third-order valence-electron chi connectivity index (χ3n) is 4.69. The molecule has 0 fully saturated rings. The molecule has 0 spiro atoms. The van der Waals surface area contributed by atoms with Crippen LogP contribution in [0.15, 0.2) is 35.7 Å². The van der Waals surface area contributed by atoms with Crippen LogP contribution in [0.25, 0.3) is 10.6 Å². The van der Waals surface area contributed by atoms with Gasteiger partial charge in [-0.05, 0) is 58.0 Å². The maximum absolute atomic E-state index is 12.6. The molecule has 3 rings (SSSR count). The van der Waals surface area contributed by atoms with Gasteiger partial charge in [0.05, 0.1) is 7.11 Å². The van der Waals surface area contributed by atoms with E-state index >= 15 is 0 Å². The highest BCUT2D eigenvalue weighted by Crippen LogP contribution is 2.26. The van der Waals surface area contributed by atoms with E-state index in [4.69, 9.17) is 9.47 Å². The SMILES string of the molecule is COc1ccc(-c2nc(C(=O)OCC(=O)c3cc(C)n(C(C)C)c3C)cs2)cc1. The first kappa shape index (κ1) is 20.8. The molecule has 3 aromatic rings. The Kier molecular flexibility index (Phi) is 6.17. The number of aryl methyl sites for hydroxylation is 1. The Balaban J connectivity index is 1.66. The molecule has 2 aromatic heterocycles. The number of nitrogens with zero attached hydrogens (tertiary/aromatic N) is 2. The lowest BCUT2D eigenvalue weighted by molar-refractivity contribution is 0.0469. The molecule has 0 aliphatic carbocycles. The third kappa shape index (κ3) is 4.40. The maximum atomic E-state index is 12.6. The van der Waals surface area contributed by atoms with Crippen molar-refractivity contribution in [1.29, 1.82) is 0 Å². The molecule has 29 heavy (non-hydrogen) atoms. The number of hydrogen-bond donors (Lipinski definition) is 0. The van der Waals surface area contributed by atoms with Gasteiger partial charge in [0.25, 0.3) is 0 Å². The van der Waals surface area contributed by atoms with Crippen molar-refractivity contribution in [2.45, 2.75) is 33.7 Å². The number of thiazole rings is 1. The van der Waals surface area contributed by atoms with Crippen LogP contribution in [-0.4, -0.2) is 35.0 Å². The van der Waals surface area contributed by atoms with Crippen LogP contribution >= 0.6 is 11.3 Å². The molecule has 0 aliphatic heterocycles. The Morgan fingerprint density at radius 2 is 1.86 bits per heavy atom. The van der Waals surface area contributed by atoms with Gasteiger partial charge in [-0.25, -0.2) is 9.78 Å². The van der Waals surface area contributed by atoms with Crippen LogP contribution in [0.3, 0.4) is 0 Å². The molecule has 0 radical (unpaired) electrons. The molecule has 2 heterocycles. The first-order chi connectivity index (χ1) is 13.8. The quantitative estimate of drug-likeness (QED) is 0.409. The van der Waals surface area contributed by atoms with Crippen molar-refractivity contribution in [3.8, 4) is 16.3 Å². The molecule has 0 aliphatic rings. The van der Waals surface area contributed by atoms with Crippen LogP contribution in [0.4, 0.5) is 0 Å². The van der Waals surface area contributed by atoms with Gasteiger partial charge in [0.2, 0.25) is 5.78 Å². The second-order valence-electron chi connectivity index (χ2n) is 7.01. The lowest BCUT2D eigenvalue weighted by Gasteiger charge is -2.13. The molecule has 0 bridgehead atoms. The maximum Gasteiger partial charge on any atom is 0.358 e. The van der Waals surface area contributed by atoms with E-state index in [-0.39, 0.29) is 24.1 Å². The van der Waals surface area contributed by atoms with Gasteiger partial charge < -0.3 is 14.0 Å². The first-order valence-corrected chi connectivity index (χ1v) is 10.2. The molecule has 152 valence electrons. The van der Waals surface area contributed by atoms with Crippen LogP contribution in [0.5, 0.6) is 5.75 Å². The molecule has 0 saturated heterocycles. The number of hydrogen-bond acceptors (Lipinski definition) is 6. The highest BCUT2D eigenvalue weighted by molar-refractivity contribution is 7.13. The molecular weight excluding hydrogens is 388 g/mol. The molecule has 0 unspecified atom stereocenters. The van der Waals surface area contributed by atoms with E-state index in [0.29, 0.717) is 10.6 Å². The molecule has 1 aromatic carbocycles. The number of Topliss-reactive ketones (excluding diaryl/α,β-unsaturated/α-hetero) is 1. The minimum Gasteiger partial charge on any atom is -0.497 e. The summed E-state index contributed by atoms with van der Waals surface area (Å²) in [6.07, 6.45) is 0. The molecule has 0 N–H and O–H groups in total. The normalized spacial score (nSPS) is 11.0. The smallest absolute Gasteiger partial charge is 0.358 e. The predicted molar refractivity (Wildman–Crippen MR) is 113 cm³/mol. The Labute approximate surface area is 174 Å². The van der Waals surface area contributed by atoms with E-state index in [0.717, 1.165) is 22.7 Å². The van der Waals surface area contributed by atoms with Gasteiger partial charge in [-0.15, -0.1) is 11.3 Å². The summed E-state index contributed by atoms with van der Waals surface area (Å²) in [5.74, 6) is -0.0729. The Morgan fingerprint density at radius 3 is 2.45 bits per heavy atom. The zero-order valence-electron chi connectivity index (χ0n) is 17.2. The Hall–Kier alpha value is -2.93. The van der Waals surface area contributed by atoms with Crippen molar-refractivity contribution in [2.24, 2.45) is 0 Å².